The zero-order valence-corrected chi connectivity index (χ0v) is 18.9. The highest BCUT2D eigenvalue weighted by Crippen LogP contribution is 2.28. The molecule has 1 heterocycles. The second-order valence-electron chi connectivity index (χ2n) is 7.28. The van der Waals surface area contributed by atoms with Gasteiger partial charge in [0.1, 0.15) is 0 Å². The summed E-state index contributed by atoms with van der Waals surface area (Å²) in [6, 6.07) is 7.90. The quantitative estimate of drug-likeness (QED) is 0.340. The Morgan fingerprint density at radius 1 is 1.25 bits per heavy atom. The molecule has 0 bridgehead atoms. The second-order valence-corrected chi connectivity index (χ2v) is 7.28. The monoisotopic (exact) mass is 501 g/mol. The van der Waals surface area contributed by atoms with E-state index in [0.29, 0.717) is 30.9 Å². The molecule has 1 aromatic rings. The molecule has 1 saturated carbocycles. The van der Waals surface area contributed by atoms with Gasteiger partial charge in [-0.2, -0.15) is 0 Å². The molecule has 2 aliphatic rings. The number of carbonyl (C=O) groups excluding carboxylic acids is 1. The topological polar surface area (TPSA) is 83.2 Å². The van der Waals surface area contributed by atoms with E-state index >= 15 is 0 Å². The van der Waals surface area contributed by atoms with Crippen LogP contribution < -0.4 is 11.1 Å². The Labute approximate surface area is 184 Å². The first kappa shape index (κ1) is 22.9. The van der Waals surface area contributed by atoms with Gasteiger partial charge >= 0.3 is 0 Å². The van der Waals surface area contributed by atoms with Crippen molar-refractivity contribution in [1.82, 2.24) is 9.80 Å². The lowest BCUT2D eigenvalue weighted by Gasteiger charge is -2.38. The molecule has 1 aliphatic carbocycles. The molecule has 156 valence electrons. The van der Waals surface area contributed by atoms with Crippen molar-refractivity contribution in [3.63, 3.8) is 0 Å². The maximum atomic E-state index is 12.3. The summed E-state index contributed by atoms with van der Waals surface area (Å²) < 4.78 is 5.21. The number of methoxy groups -OCH3 is 1. The number of ether oxygens (including phenoxy) is 1. The average molecular weight is 501 g/mol. The van der Waals surface area contributed by atoms with Crippen LogP contribution in [0.1, 0.15) is 24.8 Å². The van der Waals surface area contributed by atoms with E-state index in [1.54, 1.807) is 7.11 Å². The van der Waals surface area contributed by atoms with Crippen molar-refractivity contribution >= 4 is 41.5 Å². The minimum atomic E-state index is 0. The molecule has 0 atom stereocenters. The molecule has 28 heavy (non-hydrogen) atoms. The number of nitrogens with two attached hydrogens (primary N) is 1. The van der Waals surface area contributed by atoms with E-state index in [9.17, 15) is 4.79 Å². The molecule has 3 N–H and O–H groups in total. The van der Waals surface area contributed by atoms with Crippen LogP contribution in [0.15, 0.2) is 29.3 Å². The summed E-state index contributed by atoms with van der Waals surface area (Å²) in [5.41, 5.74) is 8.00. The van der Waals surface area contributed by atoms with Gasteiger partial charge in [-0.15, -0.1) is 24.0 Å². The molecule has 0 radical (unpaired) electrons. The summed E-state index contributed by atoms with van der Waals surface area (Å²) in [6.45, 7) is 5.51. The summed E-state index contributed by atoms with van der Waals surface area (Å²) in [7, 11) is 1.67. The number of aliphatic imine (C=N–C) groups is 1. The molecule has 0 unspecified atom stereocenters. The number of carbonyl (C=O) groups is 1. The number of para-hydroxylation sites is 1. The number of nitrogens with one attached hydrogen (secondary N) is 1. The van der Waals surface area contributed by atoms with Crippen molar-refractivity contribution in [3.05, 3.63) is 29.8 Å². The third-order valence-corrected chi connectivity index (χ3v) is 5.42. The molecule has 1 aliphatic heterocycles. The van der Waals surface area contributed by atoms with E-state index in [0.717, 1.165) is 56.8 Å². The van der Waals surface area contributed by atoms with Gasteiger partial charge in [-0.3, -0.25) is 14.7 Å². The summed E-state index contributed by atoms with van der Waals surface area (Å²) in [5.74, 6) is 1.08. The fourth-order valence-corrected chi connectivity index (χ4v) is 3.52. The fourth-order valence-electron chi connectivity index (χ4n) is 3.52. The molecular weight excluding hydrogens is 469 g/mol. The number of amides is 1. The molecule has 1 saturated heterocycles. The number of hydrogen-bond donors (Lipinski definition) is 2. The van der Waals surface area contributed by atoms with E-state index in [2.05, 4.69) is 15.2 Å². The van der Waals surface area contributed by atoms with Gasteiger partial charge in [0.05, 0.1) is 13.2 Å². The summed E-state index contributed by atoms with van der Waals surface area (Å²) >= 11 is 0. The van der Waals surface area contributed by atoms with Crippen LogP contribution in [-0.2, 0) is 16.1 Å². The molecular formula is C20H32IN5O2. The van der Waals surface area contributed by atoms with Crippen molar-refractivity contribution in [2.24, 2.45) is 16.6 Å². The van der Waals surface area contributed by atoms with E-state index < -0.39 is 0 Å². The minimum absolute atomic E-state index is 0. The first-order chi connectivity index (χ1) is 13.2. The number of benzene rings is 1. The molecule has 8 heteroatoms. The number of hydrogen-bond acceptors (Lipinski definition) is 4. The van der Waals surface area contributed by atoms with Crippen LogP contribution in [0, 0.1) is 5.92 Å². The molecule has 0 aromatic heterocycles. The molecule has 3 rings (SSSR count). The Morgan fingerprint density at radius 2 is 1.96 bits per heavy atom. The van der Waals surface area contributed by atoms with Crippen LogP contribution in [-0.4, -0.2) is 68.0 Å². The molecule has 7 nitrogen and oxygen atoms in total. The van der Waals surface area contributed by atoms with Crippen LogP contribution in [0.4, 0.5) is 5.69 Å². The predicted molar refractivity (Wildman–Crippen MR) is 123 cm³/mol. The Kier molecular flexibility index (Phi) is 9.46. The third-order valence-electron chi connectivity index (χ3n) is 5.42. The second kappa shape index (κ2) is 11.6. The van der Waals surface area contributed by atoms with Crippen LogP contribution in [0.5, 0.6) is 0 Å². The van der Waals surface area contributed by atoms with E-state index in [1.165, 1.54) is 6.42 Å². The van der Waals surface area contributed by atoms with Crippen molar-refractivity contribution in [2.45, 2.75) is 25.9 Å². The molecule has 2 fully saturated rings. The fraction of sp³-hybridized carbons (Fsp3) is 0.600. The Morgan fingerprint density at radius 3 is 2.61 bits per heavy atom. The van der Waals surface area contributed by atoms with Crippen LogP contribution in [0.3, 0.4) is 0 Å². The van der Waals surface area contributed by atoms with Gasteiger partial charge in [0.25, 0.3) is 0 Å². The van der Waals surface area contributed by atoms with Crippen LogP contribution in [0.25, 0.3) is 0 Å². The zero-order chi connectivity index (χ0) is 19.1. The standard InChI is InChI=1S/C20H31N5O2.HI/c1-27-15-17-5-2-3-8-18(17)23-20(21)22-9-10-24-11-13-25(14-12-24)19(26)16-6-4-7-16;/h2-3,5,8,16H,4,6-7,9-15H2,1H3,(H3,21,22,23);1H. The van der Waals surface area contributed by atoms with Gasteiger partial charge in [0.2, 0.25) is 5.91 Å². The SMILES string of the molecule is COCc1ccccc1NC(N)=NCCN1CCN(C(=O)C2CCC2)CC1.I. The summed E-state index contributed by atoms with van der Waals surface area (Å²) in [5, 5.41) is 3.16. The predicted octanol–water partition coefficient (Wildman–Crippen LogP) is 2.12. The first-order valence-electron chi connectivity index (χ1n) is 9.82. The number of halogens is 1. The van der Waals surface area contributed by atoms with E-state index in [4.69, 9.17) is 10.5 Å². The van der Waals surface area contributed by atoms with Crippen LogP contribution >= 0.6 is 24.0 Å². The van der Waals surface area contributed by atoms with E-state index in [-0.39, 0.29) is 24.0 Å². The zero-order valence-electron chi connectivity index (χ0n) is 16.6. The van der Waals surface area contributed by atoms with Crippen molar-refractivity contribution < 1.29 is 9.53 Å². The van der Waals surface area contributed by atoms with Crippen molar-refractivity contribution in [1.29, 1.82) is 0 Å². The lowest BCUT2D eigenvalue weighted by Crippen LogP contribution is -2.51. The van der Waals surface area contributed by atoms with Gasteiger partial charge in [0.15, 0.2) is 5.96 Å². The minimum Gasteiger partial charge on any atom is -0.380 e. The lowest BCUT2D eigenvalue weighted by molar-refractivity contribution is -0.139. The highest BCUT2D eigenvalue weighted by atomic mass is 127. The van der Waals surface area contributed by atoms with Crippen molar-refractivity contribution in [2.75, 3.05) is 51.7 Å². The van der Waals surface area contributed by atoms with Gasteiger partial charge in [-0.05, 0) is 18.9 Å². The number of guanidine groups is 1. The normalized spacial score (nSPS) is 18.3. The smallest absolute Gasteiger partial charge is 0.225 e. The largest absolute Gasteiger partial charge is 0.380 e. The van der Waals surface area contributed by atoms with E-state index in [1.807, 2.05) is 29.2 Å². The maximum absolute atomic E-state index is 12.3. The molecule has 1 amide bonds. The highest BCUT2D eigenvalue weighted by molar-refractivity contribution is 14.0. The van der Waals surface area contributed by atoms with Gasteiger partial charge in [-0.1, -0.05) is 24.6 Å². The van der Waals surface area contributed by atoms with Crippen LogP contribution in [0.2, 0.25) is 0 Å². The Hall–Kier alpha value is -1.39. The van der Waals surface area contributed by atoms with Gasteiger partial charge < -0.3 is 20.7 Å². The lowest BCUT2D eigenvalue weighted by atomic mass is 9.84. The Balaban J connectivity index is 0.00000280. The molecule has 1 aromatic carbocycles. The Bertz CT molecular complexity index is 658. The summed E-state index contributed by atoms with van der Waals surface area (Å²) in [6.07, 6.45) is 3.36. The molecule has 0 spiro atoms. The number of nitrogens with zero attached hydrogens (tertiary/aromatic N) is 3. The third kappa shape index (κ3) is 6.31. The summed E-state index contributed by atoms with van der Waals surface area (Å²) in [4.78, 5) is 21.1. The average Bonchev–Trinajstić information content (AvgIpc) is 2.63. The van der Waals surface area contributed by atoms with Gasteiger partial charge in [0, 0.05) is 57.0 Å². The maximum Gasteiger partial charge on any atom is 0.225 e. The first-order valence-corrected chi connectivity index (χ1v) is 9.82. The number of piperazine rings is 1. The number of rotatable bonds is 7. The number of anilines is 1. The van der Waals surface area contributed by atoms with Crippen molar-refractivity contribution in [3.8, 4) is 0 Å². The van der Waals surface area contributed by atoms with Gasteiger partial charge in [-0.25, -0.2) is 0 Å². The highest BCUT2D eigenvalue weighted by Gasteiger charge is 2.30.